The molecule has 4 nitrogen and oxygen atoms in total. The zero-order valence-electron chi connectivity index (χ0n) is 13.6. The van der Waals surface area contributed by atoms with Gasteiger partial charge in [-0.05, 0) is 55.2 Å². The SMILES string of the molecule is N#Cc1ccc(NCC2CCN(C(=O)c3ccccc3)CC2)cc1. The lowest BCUT2D eigenvalue weighted by Crippen LogP contribution is -2.39. The van der Waals surface area contributed by atoms with Crippen molar-refractivity contribution >= 4 is 11.6 Å². The first-order valence-electron chi connectivity index (χ1n) is 8.34. The van der Waals surface area contributed by atoms with Crippen LogP contribution in [0.1, 0.15) is 28.8 Å². The van der Waals surface area contributed by atoms with Gasteiger partial charge in [0.1, 0.15) is 0 Å². The molecule has 0 spiro atoms. The smallest absolute Gasteiger partial charge is 0.253 e. The molecule has 4 heteroatoms. The number of carbonyl (C=O) groups excluding carboxylic acids is 1. The van der Waals surface area contributed by atoms with Crippen LogP contribution in [-0.4, -0.2) is 30.4 Å². The van der Waals surface area contributed by atoms with Crippen LogP contribution in [0.25, 0.3) is 0 Å². The average Bonchev–Trinajstić information content (AvgIpc) is 2.67. The Bertz CT molecular complexity index is 711. The number of carbonyl (C=O) groups is 1. The van der Waals surface area contributed by atoms with E-state index in [4.69, 9.17) is 5.26 Å². The molecule has 0 unspecified atom stereocenters. The molecular formula is C20H21N3O. The second-order valence-corrected chi connectivity index (χ2v) is 6.17. The number of nitrogens with zero attached hydrogens (tertiary/aromatic N) is 2. The van der Waals surface area contributed by atoms with Gasteiger partial charge >= 0.3 is 0 Å². The maximum atomic E-state index is 12.4. The molecule has 0 bridgehead atoms. The fourth-order valence-corrected chi connectivity index (χ4v) is 3.03. The minimum Gasteiger partial charge on any atom is -0.385 e. The molecule has 2 aromatic rings. The highest BCUT2D eigenvalue weighted by Gasteiger charge is 2.23. The molecule has 1 fully saturated rings. The number of amides is 1. The molecule has 1 saturated heterocycles. The molecule has 1 aliphatic rings. The van der Waals surface area contributed by atoms with Crippen molar-refractivity contribution in [3.05, 3.63) is 65.7 Å². The predicted molar refractivity (Wildman–Crippen MR) is 94.7 cm³/mol. The maximum Gasteiger partial charge on any atom is 0.253 e. The highest BCUT2D eigenvalue weighted by Crippen LogP contribution is 2.20. The van der Waals surface area contributed by atoms with E-state index in [2.05, 4.69) is 11.4 Å². The second-order valence-electron chi connectivity index (χ2n) is 6.17. The summed E-state index contributed by atoms with van der Waals surface area (Å²) in [6, 6.07) is 19.1. The Labute approximate surface area is 142 Å². The zero-order chi connectivity index (χ0) is 16.8. The quantitative estimate of drug-likeness (QED) is 0.938. The minimum atomic E-state index is 0.133. The average molecular weight is 319 g/mol. The minimum absolute atomic E-state index is 0.133. The van der Waals surface area contributed by atoms with Gasteiger partial charge in [-0.2, -0.15) is 5.26 Å². The van der Waals surface area contributed by atoms with Crippen molar-refractivity contribution in [2.75, 3.05) is 25.0 Å². The number of nitrogens with one attached hydrogen (secondary N) is 1. The molecule has 2 aromatic carbocycles. The van der Waals surface area contributed by atoms with E-state index in [1.165, 1.54) is 0 Å². The molecular weight excluding hydrogens is 298 g/mol. The second kappa shape index (κ2) is 7.65. The molecule has 122 valence electrons. The van der Waals surface area contributed by atoms with Crippen LogP contribution >= 0.6 is 0 Å². The largest absolute Gasteiger partial charge is 0.385 e. The molecule has 24 heavy (non-hydrogen) atoms. The van der Waals surface area contributed by atoms with E-state index in [0.717, 1.165) is 43.7 Å². The standard InChI is InChI=1S/C20H21N3O/c21-14-16-6-8-19(9-7-16)22-15-17-10-12-23(13-11-17)20(24)18-4-2-1-3-5-18/h1-9,17,22H,10-13,15H2. The number of likely N-dealkylation sites (tertiary alicyclic amines) is 1. The summed E-state index contributed by atoms with van der Waals surface area (Å²) in [5, 5.41) is 12.2. The highest BCUT2D eigenvalue weighted by atomic mass is 16.2. The van der Waals surface area contributed by atoms with Gasteiger partial charge in [0.25, 0.3) is 5.91 Å². The van der Waals surface area contributed by atoms with Gasteiger partial charge in [0, 0.05) is 30.9 Å². The van der Waals surface area contributed by atoms with Crippen LogP contribution in [-0.2, 0) is 0 Å². The van der Waals surface area contributed by atoms with Gasteiger partial charge < -0.3 is 10.2 Å². The molecule has 0 aromatic heterocycles. The summed E-state index contributed by atoms with van der Waals surface area (Å²) in [4.78, 5) is 14.4. The Morgan fingerprint density at radius 2 is 1.75 bits per heavy atom. The van der Waals surface area contributed by atoms with Crippen molar-refractivity contribution in [2.24, 2.45) is 5.92 Å². The number of rotatable bonds is 4. The van der Waals surface area contributed by atoms with Gasteiger partial charge in [-0.25, -0.2) is 0 Å². The van der Waals surface area contributed by atoms with E-state index < -0.39 is 0 Å². The van der Waals surface area contributed by atoms with Gasteiger partial charge in [0.2, 0.25) is 0 Å². The monoisotopic (exact) mass is 319 g/mol. The summed E-state index contributed by atoms with van der Waals surface area (Å²) in [6.45, 7) is 2.53. The van der Waals surface area contributed by atoms with Crippen molar-refractivity contribution in [3.8, 4) is 6.07 Å². The topological polar surface area (TPSA) is 56.1 Å². The molecule has 0 radical (unpaired) electrons. The molecule has 0 atom stereocenters. The van der Waals surface area contributed by atoms with E-state index in [0.29, 0.717) is 11.5 Å². The number of piperidine rings is 1. The number of anilines is 1. The van der Waals surface area contributed by atoms with Crippen LogP contribution in [0.4, 0.5) is 5.69 Å². The molecule has 1 N–H and O–H groups in total. The van der Waals surface area contributed by atoms with Crippen LogP contribution in [0, 0.1) is 17.2 Å². The van der Waals surface area contributed by atoms with E-state index in [1.54, 1.807) is 0 Å². The molecule has 0 saturated carbocycles. The lowest BCUT2D eigenvalue weighted by molar-refractivity contribution is 0.0695. The van der Waals surface area contributed by atoms with Crippen molar-refractivity contribution in [1.82, 2.24) is 4.90 Å². The van der Waals surface area contributed by atoms with E-state index in [-0.39, 0.29) is 5.91 Å². The Hall–Kier alpha value is -2.80. The third kappa shape index (κ3) is 3.94. The first-order chi connectivity index (χ1) is 11.8. The van der Waals surface area contributed by atoms with E-state index in [9.17, 15) is 4.79 Å². The lowest BCUT2D eigenvalue weighted by atomic mass is 9.96. The van der Waals surface area contributed by atoms with Crippen molar-refractivity contribution in [2.45, 2.75) is 12.8 Å². The van der Waals surface area contributed by atoms with E-state index in [1.807, 2.05) is 59.5 Å². The summed E-state index contributed by atoms with van der Waals surface area (Å²) in [7, 11) is 0. The van der Waals surface area contributed by atoms with Crippen molar-refractivity contribution in [1.29, 1.82) is 5.26 Å². The van der Waals surface area contributed by atoms with Crippen LogP contribution in [0.3, 0.4) is 0 Å². The Morgan fingerprint density at radius 3 is 2.38 bits per heavy atom. The van der Waals surface area contributed by atoms with Gasteiger partial charge in [0.15, 0.2) is 0 Å². The fraction of sp³-hybridized carbons (Fsp3) is 0.300. The number of hydrogen-bond donors (Lipinski definition) is 1. The van der Waals surface area contributed by atoms with E-state index >= 15 is 0 Å². The first kappa shape index (κ1) is 16.1. The van der Waals surface area contributed by atoms with Crippen molar-refractivity contribution in [3.63, 3.8) is 0 Å². The zero-order valence-corrected chi connectivity index (χ0v) is 13.6. The van der Waals surface area contributed by atoms with Crippen LogP contribution in [0.15, 0.2) is 54.6 Å². The Balaban J connectivity index is 1.46. The van der Waals surface area contributed by atoms with Gasteiger partial charge in [-0.15, -0.1) is 0 Å². The normalized spacial score (nSPS) is 14.9. The number of hydrogen-bond acceptors (Lipinski definition) is 3. The summed E-state index contributed by atoms with van der Waals surface area (Å²) in [5.41, 5.74) is 2.48. The summed E-state index contributed by atoms with van der Waals surface area (Å²) in [6.07, 6.45) is 2.03. The Morgan fingerprint density at radius 1 is 1.08 bits per heavy atom. The van der Waals surface area contributed by atoms with Crippen molar-refractivity contribution < 1.29 is 4.79 Å². The van der Waals surface area contributed by atoms with Crippen LogP contribution < -0.4 is 5.32 Å². The Kier molecular flexibility index (Phi) is 5.12. The molecule has 3 rings (SSSR count). The van der Waals surface area contributed by atoms with Gasteiger partial charge in [-0.3, -0.25) is 4.79 Å². The highest BCUT2D eigenvalue weighted by molar-refractivity contribution is 5.94. The van der Waals surface area contributed by atoms with Gasteiger partial charge in [-0.1, -0.05) is 18.2 Å². The summed E-state index contributed by atoms with van der Waals surface area (Å²) < 4.78 is 0. The summed E-state index contributed by atoms with van der Waals surface area (Å²) >= 11 is 0. The lowest BCUT2D eigenvalue weighted by Gasteiger charge is -2.32. The van der Waals surface area contributed by atoms with Crippen LogP contribution in [0.5, 0.6) is 0 Å². The third-order valence-corrected chi connectivity index (χ3v) is 4.53. The molecule has 0 aliphatic carbocycles. The predicted octanol–water partition coefficient (Wildman–Crippen LogP) is 3.52. The number of nitriles is 1. The number of benzene rings is 2. The third-order valence-electron chi connectivity index (χ3n) is 4.53. The summed E-state index contributed by atoms with van der Waals surface area (Å²) in [5.74, 6) is 0.703. The molecule has 1 aliphatic heterocycles. The fourth-order valence-electron chi connectivity index (χ4n) is 3.03. The van der Waals surface area contributed by atoms with Gasteiger partial charge in [0.05, 0.1) is 11.6 Å². The van der Waals surface area contributed by atoms with Crippen LogP contribution in [0.2, 0.25) is 0 Å². The molecule has 1 amide bonds. The first-order valence-corrected chi connectivity index (χ1v) is 8.34. The maximum absolute atomic E-state index is 12.4. The molecule has 1 heterocycles.